The molecule has 4 nitrogen and oxygen atoms in total. The van der Waals surface area contributed by atoms with E-state index >= 15 is 0 Å². The molecule has 1 aliphatic rings. The molecule has 24 heavy (non-hydrogen) atoms. The van der Waals surface area contributed by atoms with E-state index in [9.17, 15) is 4.79 Å². The third-order valence-electron chi connectivity index (χ3n) is 4.93. The molecular weight excluding hydrogens is 324 g/mol. The Hall–Kier alpha value is -1.26. The largest absolute Gasteiger partial charge is 0.494 e. The van der Waals surface area contributed by atoms with Gasteiger partial charge in [0.2, 0.25) is 5.91 Å². The summed E-state index contributed by atoms with van der Waals surface area (Å²) in [6, 6.07) is 7.89. The third-order valence-corrected chi connectivity index (χ3v) is 4.93. The average Bonchev–Trinajstić information content (AvgIpc) is 2.56. The second-order valence-corrected chi connectivity index (χ2v) is 6.74. The minimum Gasteiger partial charge on any atom is -0.494 e. The fourth-order valence-corrected chi connectivity index (χ4v) is 3.51. The lowest BCUT2D eigenvalue weighted by molar-refractivity contribution is -0.124. The molecule has 0 bridgehead atoms. The van der Waals surface area contributed by atoms with Gasteiger partial charge in [0.15, 0.2) is 0 Å². The van der Waals surface area contributed by atoms with Gasteiger partial charge in [-0.15, -0.1) is 12.4 Å². The van der Waals surface area contributed by atoms with Gasteiger partial charge in [0.1, 0.15) is 5.75 Å². The summed E-state index contributed by atoms with van der Waals surface area (Å²) in [7, 11) is 0. The molecule has 1 aromatic carbocycles. The van der Waals surface area contributed by atoms with Crippen molar-refractivity contribution in [3.05, 3.63) is 29.8 Å². The van der Waals surface area contributed by atoms with Crippen molar-refractivity contribution in [2.45, 2.75) is 58.4 Å². The lowest BCUT2D eigenvalue weighted by atomic mass is 9.71. The number of nitrogens with one attached hydrogen (secondary N) is 1. The molecule has 1 atom stereocenters. The Kier molecular flexibility index (Phi) is 8.57. The fourth-order valence-electron chi connectivity index (χ4n) is 3.51. The lowest BCUT2D eigenvalue weighted by Gasteiger charge is -2.36. The van der Waals surface area contributed by atoms with Crippen LogP contribution in [0.15, 0.2) is 24.3 Å². The Morgan fingerprint density at radius 2 is 2.04 bits per heavy atom. The van der Waals surface area contributed by atoms with E-state index < -0.39 is 0 Å². The molecule has 136 valence electrons. The van der Waals surface area contributed by atoms with Gasteiger partial charge >= 0.3 is 0 Å². The second kappa shape index (κ2) is 9.90. The first-order valence-electron chi connectivity index (χ1n) is 8.81. The molecule has 2 rings (SSSR count). The lowest BCUT2D eigenvalue weighted by Crippen LogP contribution is -2.39. The number of carbonyl (C=O) groups is 1. The van der Waals surface area contributed by atoms with Gasteiger partial charge in [-0.1, -0.05) is 31.4 Å². The van der Waals surface area contributed by atoms with Gasteiger partial charge in [-0.25, -0.2) is 0 Å². The van der Waals surface area contributed by atoms with E-state index in [0.717, 1.165) is 24.2 Å². The van der Waals surface area contributed by atoms with E-state index in [2.05, 4.69) is 5.32 Å². The maximum Gasteiger partial charge on any atom is 0.221 e. The molecule has 0 aromatic heterocycles. The third kappa shape index (κ3) is 5.67. The first-order chi connectivity index (χ1) is 11.1. The van der Waals surface area contributed by atoms with Crippen molar-refractivity contribution in [2.75, 3.05) is 13.2 Å². The van der Waals surface area contributed by atoms with Crippen molar-refractivity contribution in [1.29, 1.82) is 0 Å². The summed E-state index contributed by atoms with van der Waals surface area (Å²) in [6.45, 7) is 5.23. The fraction of sp³-hybridized carbons (Fsp3) is 0.632. The summed E-state index contributed by atoms with van der Waals surface area (Å²) >= 11 is 0. The van der Waals surface area contributed by atoms with E-state index in [-0.39, 0.29) is 29.8 Å². The number of benzene rings is 1. The number of hydrogen-bond acceptors (Lipinski definition) is 3. The number of amides is 1. The quantitative estimate of drug-likeness (QED) is 0.778. The van der Waals surface area contributed by atoms with Gasteiger partial charge < -0.3 is 15.8 Å². The smallest absolute Gasteiger partial charge is 0.221 e. The Bertz CT molecular complexity index is 516. The summed E-state index contributed by atoms with van der Waals surface area (Å²) in [5.41, 5.74) is 7.06. The van der Waals surface area contributed by atoms with Gasteiger partial charge in [0, 0.05) is 6.42 Å². The van der Waals surface area contributed by atoms with Crippen LogP contribution in [0.4, 0.5) is 0 Å². The van der Waals surface area contributed by atoms with Crippen molar-refractivity contribution in [3.63, 3.8) is 0 Å². The van der Waals surface area contributed by atoms with Gasteiger partial charge in [-0.3, -0.25) is 4.79 Å². The first-order valence-corrected chi connectivity index (χ1v) is 8.81. The highest BCUT2D eigenvalue weighted by Crippen LogP contribution is 2.38. The van der Waals surface area contributed by atoms with E-state index in [4.69, 9.17) is 10.5 Å². The number of halogens is 1. The minimum atomic E-state index is -0.0266. The summed E-state index contributed by atoms with van der Waals surface area (Å²) in [5.74, 6) is 0.948. The molecular formula is C19H31ClN2O2. The van der Waals surface area contributed by atoms with Crippen LogP contribution < -0.4 is 15.8 Å². The van der Waals surface area contributed by atoms with Gasteiger partial charge in [-0.2, -0.15) is 0 Å². The van der Waals surface area contributed by atoms with Crippen LogP contribution in [0.2, 0.25) is 0 Å². The van der Waals surface area contributed by atoms with Crippen molar-refractivity contribution < 1.29 is 9.53 Å². The molecule has 1 unspecified atom stereocenters. The monoisotopic (exact) mass is 354 g/mol. The number of nitrogens with two attached hydrogens (primary N) is 1. The minimum absolute atomic E-state index is 0. The van der Waals surface area contributed by atoms with Crippen molar-refractivity contribution in [2.24, 2.45) is 11.1 Å². The number of carbonyl (C=O) groups excluding carboxylic acids is 1. The zero-order chi connectivity index (χ0) is 16.7. The molecule has 1 fully saturated rings. The molecule has 0 aliphatic heterocycles. The van der Waals surface area contributed by atoms with Gasteiger partial charge in [0.05, 0.1) is 12.6 Å². The summed E-state index contributed by atoms with van der Waals surface area (Å²) in [5, 5.41) is 3.12. The van der Waals surface area contributed by atoms with Crippen molar-refractivity contribution in [1.82, 2.24) is 5.32 Å². The van der Waals surface area contributed by atoms with Crippen LogP contribution in [-0.4, -0.2) is 19.1 Å². The summed E-state index contributed by atoms with van der Waals surface area (Å²) < 4.78 is 5.53. The van der Waals surface area contributed by atoms with Crippen LogP contribution in [0.3, 0.4) is 0 Å². The molecule has 3 N–H and O–H groups in total. The maximum absolute atomic E-state index is 12.5. The highest BCUT2D eigenvalue weighted by atomic mass is 35.5. The highest BCUT2D eigenvalue weighted by molar-refractivity contribution is 5.85. The Morgan fingerprint density at radius 3 is 2.67 bits per heavy atom. The van der Waals surface area contributed by atoms with E-state index in [1.165, 1.54) is 19.3 Å². The maximum atomic E-state index is 12.5. The van der Waals surface area contributed by atoms with E-state index in [1.54, 1.807) is 0 Å². The molecule has 1 amide bonds. The summed E-state index contributed by atoms with van der Waals surface area (Å²) in [6.07, 6.45) is 6.34. The zero-order valence-electron chi connectivity index (χ0n) is 14.8. The van der Waals surface area contributed by atoms with Crippen LogP contribution in [0.5, 0.6) is 5.75 Å². The predicted octanol–water partition coefficient (Wildman–Crippen LogP) is 3.98. The number of rotatable bonds is 7. The molecule has 0 spiro atoms. The molecule has 0 saturated heterocycles. The average molecular weight is 355 g/mol. The van der Waals surface area contributed by atoms with Gasteiger partial charge in [-0.05, 0) is 56.3 Å². The standard InChI is InChI=1S/C19H30N2O2.ClH/c1-3-23-17-9-7-8-16(12-17)15(2)21-18(22)13-19(14-20)10-5-4-6-11-19;/h7-9,12,15H,3-6,10-11,13-14,20H2,1-2H3,(H,21,22);1H. The molecule has 1 aliphatic carbocycles. The van der Waals surface area contributed by atoms with E-state index in [1.807, 2.05) is 38.1 Å². The second-order valence-electron chi connectivity index (χ2n) is 6.74. The zero-order valence-corrected chi connectivity index (χ0v) is 15.7. The Balaban J connectivity index is 0.00000288. The number of hydrogen-bond donors (Lipinski definition) is 2. The first kappa shape index (κ1) is 20.8. The predicted molar refractivity (Wildman–Crippen MR) is 101 cm³/mol. The molecule has 0 heterocycles. The van der Waals surface area contributed by atoms with Crippen molar-refractivity contribution in [3.8, 4) is 5.75 Å². The molecule has 5 heteroatoms. The molecule has 1 aromatic rings. The molecule has 0 radical (unpaired) electrons. The van der Waals surface area contributed by atoms with Gasteiger partial charge in [0.25, 0.3) is 0 Å². The summed E-state index contributed by atoms with van der Waals surface area (Å²) in [4.78, 5) is 12.5. The normalized spacial score (nSPS) is 17.5. The van der Waals surface area contributed by atoms with Crippen LogP contribution in [-0.2, 0) is 4.79 Å². The number of ether oxygens (including phenoxy) is 1. The van der Waals surface area contributed by atoms with Crippen LogP contribution >= 0.6 is 12.4 Å². The Labute approximate surface area is 151 Å². The van der Waals surface area contributed by atoms with Crippen molar-refractivity contribution >= 4 is 18.3 Å². The topological polar surface area (TPSA) is 64.3 Å². The van der Waals surface area contributed by atoms with Crippen LogP contribution in [0, 0.1) is 5.41 Å². The molecule has 1 saturated carbocycles. The van der Waals surface area contributed by atoms with Crippen LogP contribution in [0.25, 0.3) is 0 Å². The van der Waals surface area contributed by atoms with E-state index in [0.29, 0.717) is 19.6 Å². The van der Waals surface area contributed by atoms with Crippen LogP contribution in [0.1, 0.15) is 64.0 Å². The Morgan fingerprint density at radius 1 is 1.33 bits per heavy atom. The highest BCUT2D eigenvalue weighted by Gasteiger charge is 2.33. The SMILES string of the molecule is CCOc1cccc(C(C)NC(=O)CC2(CN)CCCCC2)c1.Cl.